The van der Waals surface area contributed by atoms with Crippen LogP contribution < -0.4 is 4.90 Å². The summed E-state index contributed by atoms with van der Waals surface area (Å²) in [6.45, 7) is 4.71. The quantitative estimate of drug-likeness (QED) is 0.154. The van der Waals surface area contributed by atoms with Gasteiger partial charge >= 0.3 is 0 Å². The van der Waals surface area contributed by atoms with Crippen molar-refractivity contribution in [2.45, 2.75) is 19.3 Å². The summed E-state index contributed by atoms with van der Waals surface area (Å²) >= 11 is 0. The van der Waals surface area contributed by atoms with Gasteiger partial charge in [-0.2, -0.15) is 0 Å². The maximum absolute atomic E-state index is 2.44. The number of para-hydroxylation sites is 1. The molecule has 0 radical (unpaired) electrons. The van der Waals surface area contributed by atoms with Crippen molar-refractivity contribution in [2.24, 2.45) is 0 Å². The SMILES string of the molecule is CC1(C)c2ccccc2-c2ccc(N(c3ccc(-c4cccc(-c5cccc6c7ccccc7c7ccccc7c56)c4)cc3)c3ccccc3-c3ccccc3)cc21. The lowest BCUT2D eigenvalue weighted by Gasteiger charge is -2.30. The largest absolute Gasteiger partial charge is 0.310 e. The molecule has 10 aromatic carbocycles. The summed E-state index contributed by atoms with van der Waals surface area (Å²) in [7, 11) is 0. The van der Waals surface area contributed by atoms with Crippen molar-refractivity contribution >= 4 is 49.4 Å². The fourth-order valence-electron chi connectivity index (χ4n) is 9.65. The summed E-state index contributed by atoms with van der Waals surface area (Å²) in [5.74, 6) is 0. The predicted molar refractivity (Wildman–Crippen MR) is 248 cm³/mol. The van der Waals surface area contributed by atoms with Crippen LogP contribution in [0.5, 0.6) is 0 Å². The molecule has 0 saturated carbocycles. The molecule has 0 spiro atoms. The summed E-state index contributed by atoms with van der Waals surface area (Å²) in [5.41, 5.74) is 15.9. The Balaban J connectivity index is 1.03. The fourth-order valence-corrected chi connectivity index (χ4v) is 9.65. The first-order valence-corrected chi connectivity index (χ1v) is 20.3. The predicted octanol–water partition coefficient (Wildman–Crippen LogP) is 15.9. The molecule has 0 saturated heterocycles. The minimum Gasteiger partial charge on any atom is -0.310 e. The van der Waals surface area contributed by atoms with Gasteiger partial charge in [0.2, 0.25) is 0 Å². The molecular weight excluding hydrogens is 699 g/mol. The Morgan fingerprint density at radius 2 is 0.828 bits per heavy atom. The highest BCUT2D eigenvalue weighted by molar-refractivity contribution is 6.28. The second kappa shape index (κ2) is 13.5. The Kier molecular flexibility index (Phi) is 7.91. The van der Waals surface area contributed by atoms with Crippen molar-refractivity contribution in [3.8, 4) is 44.5 Å². The molecular formula is C57H41N. The molecule has 0 amide bonds. The molecule has 11 rings (SSSR count). The van der Waals surface area contributed by atoms with Gasteiger partial charge in [0.15, 0.2) is 0 Å². The highest BCUT2D eigenvalue weighted by atomic mass is 15.1. The van der Waals surface area contributed by atoms with Crippen LogP contribution in [0.25, 0.3) is 76.8 Å². The highest BCUT2D eigenvalue weighted by Gasteiger charge is 2.36. The molecule has 274 valence electrons. The first kappa shape index (κ1) is 34.1. The minimum atomic E-state index is -0.106. The van der Waals surface area contributed by atoms with E-state index in [2.05, 4.69) is 231 Å². The van der Waals surface area contributed by atoms with Gasteiger partial charge in [-0.25, -0.2) is 0 Å². The van der Waals surface area contributed by atoms with Gasteiger partial charge in [0.25, 0.3) is 0 Å². The number of hydrogen-bond donors (Lipinski definition) is 0. The van der Waals surface area contributed by atoms with Crippen LogP contribution in [0.3, 0.4) is 0 Å². The van der Waals surface area contributed by atoms with E-state index in [1.54, 1.807) is 0 Å². The van der Waals surface area contributed by atoms with Crippen LogP contribution in [-0.2, 0) is 5.41 Å². The summed E-state index contributed by atoms with van der Waals surface area (Å²) in [6, 6.07) is 78.1. The van der Waals surface area contributed by atoms with Crippen LogP contribution in [0.15, 0.2) is 212 Å². The molecule has 0 N–H and O–H groups in total. The van der Waals surface area contributed by atoms with Crippen molar-refractivity contribution in [3.63, 3.8) is 0 Å². The van der Waals surface area contributed by atoms with E-state index in [0.717, 1.165) is 17.1 Å². The third-order valence-electron chi connectivity index (χ3n) is 12.5. The van der Waals surface area contributed by atoms with Gasteiger partial charge < -0.3 is 4.90 Å². The highest BCUT2D eigenvalue weighted by Crippen LogP contribution is 2.51. The Hall–Kier alpha value is -7.22. The number of benzene rings is 10. The van der Waals surface area contributed by atoms with Crippen molar-refractivity contribution in [2.75, 3.05) is 4.90 Å². The van der Waals surface area contributed by atoms with Gasteiger partial charge in [0.05, 0.1) is 5.69 Å². The maximum atomic E-state index is 2.44. The zero-order chi connectivity index (χ0) is 38.8. The van der Waals surface area contributed by atoms with E-state index < -0.39 is 0 Å². The number of rotatable bonds is 6. The van der Waals surface area contributed by atoms with Crippen LogP contribution in [-0.4, -0.2) is 0 Å². The molecule has 1 aliphatic carbocycles. The van der Waals surface area contributed by atoms with E-state index >= 15 is 0 Å². The fraction of sp³-hybridized carbons (Fsp3) is 0.0526. The standard InChI is InChI=1S/C57H41N/c1-57(2)53-28-12-10-24-49(53)50-35-34-43(37-54(50)57)58(55-29-13-11-20-44(55)39-16-4-3-5-17-39)42-32-30-38(31-33-42)40-18-14-19-41(36-40)45-26-15-27-52-48-22-7-6-21-46(48)47-23-8-9-25-51(47)56(45)52/h3-37H,1-2H3. The third kappa shape index (κ3) is 5.39. The molecule has 0 unspecified atom stereocenters. The lowest BCUT2D eigenvalue weighted by atomic mass is 9.82. The summed E-state index contributed by atoms with van der Waals surface area (Å²) in [4.78, 5) is 2.44. The van der Waals surface area contributed by atoms with Crippen molar-refractivity contribution in [1.29, 1.82) is 0 Å². The third-order valence-corrected chi connectivity index (χ3v) is 12.5. The van der Waals surface area contributed by atoms with Crippen LogP contribution in [0.2, 0.25) is 0 Å². The number of anilines is 3. The van der Waals surface area contributed by atoms with Crippen molar-refractivity contribution < 1.29 is 0 Å². The normalized spacial score (nSPS) is 12.8. The van der Waals surface area contributed by atoms with Gasteiger partial charge in [0, 0.05) is 22.4 Å². The maximum Gasteiger partial charge on any atom is 0.0540 e. The average molecular weight is 740 g/mol. The smallest absolute Gasteiger partial charge is 0.0540 e. The lowest BCUT2D eigenvalue weighted by Crippen LogP contribution is -2.16. The average Bonchev–Trinajstić information content (AvgIpc) is 3.52. The Morgan fingerprint density at radius 3 is 1.59 bits per heavy atom. The second-order valence-corrected chi connectivity index (χ2v) is 16.1. The molecule has 0 heterocycles. The zero-order valence-corrected chi connectivity index (χ0v) is 32.7. The molecule has 10 aromatic rings. The number of fused-ring (bicyclic) bond motifs is 9. The summed E-state index contributed by atoms with van der Waals surface area (Å²) < 4.78 is 0. The molecule has 0 bridgehead atoms. The summed E-state index contributed by atoms with van der Waals surface area (Å²) in [5, 5.41) is 7.76. The minimum absolute atomic E-state index is 0.106. The summed E-state index contributed by atoms with van der Waals surface area (Å²) in [6.07, 6.45) is 0. The zero-order valence-electron chi connectivity index (χ0n) is 32.7. The van der Waals surface area contributed by atoms with Gasteiger partial charge in [-0.3, -0.25) is 0 Å². The van der Waals surface area contributed by atoms with Crippen LogP contribution in [0, 0.1) is 0 Å². The lowest BCUT2D eigenvalue weighted by molar-refractivity contribution is 0.660. The van der Waals surface area contributed by atoms with Gasteiger partial charge in [-0.1, -0.05) is 190 Å². The van der Waals surface area contributed by atoms with E-state index in [0.29, 0.717) is 0 Å². The monoisotopic (exact) mass is 739 g/mol. The molecule has 58 heavy (non-hydrogen) atoms. The molecule has 0 aromatic heterocycles. The number of nitrogens with zero attached hydrogens (tertiary/aromatic N) is 1. The van der Waals surface area contributed by atoms with Crippen LogP contribution in [0.4, 0.5) is 17.1 Å². The Morgan fingerprint density at radius 1 is 0.310 bits per heavy atom. The molecule has 1 aliphatic rings. The topological polar surface area (TPSA) is 3.24 Å². The first-order valence-electron chi connectivity index (χ1n) is 20.3. The van der Waals surface area contributed by atoms with E-state index in [9.17, 15) is 0 Å². The Bertz CT molecular complexity index is 3150. The van der Waals surface area contributed by atoms with Crippen molar-refractivity contribution in [1.82, 2.24) is 0 Å². The van der Waals surface area contributed by atoms with E-state index in [4.69, 9.17) is 0 Å². The van der Waals surface area contributed by atoms with Gasteiger partial charge in [-0.05, 0) is 119 Å². The van der Waals surface area contributed by atoms with Crippen molar-refractivity contribution in [3.05, 3.63) is 223 Å². The van der Waals surface area contributed by atoms with Crippen LogP contribution in [0.1, 0.15) is 25.0 Å². The first-order chi connectivity index (χ1) is 28.5. The van der Waals surface area contributed by atoms with E-state index in [-0.39, 0.29) is 5.41 Å². The molecule has 0 fully saturated rings. The van der Waals surface area contributed by atoms with E-state index in [1.165, 1.54) is 88.0 Å². The van der Waals surface area contributed by atoms with E-state index in [1.807, 2.05) is 0 Å². The second-order valence-electron chi connectivity index (χ2n) is 16.1. The molecule has 1 nitrogen and oxygen atoms in total. The molecule has 0 aliphatic heterocycles. The Labute approximate surface area is 340 Å². The molecule has 0 atom stereocenters. The van der Waals surface area contributed by atoms with Gasteiger partial charge in [-0.15, -0.1) is 0 Å². The van der Waals surface area contributed by atoms with Gasteiger partial charge in [0.1, 0.15) is 0 Å². The van der Waals surface area contributed by atoms with Crippen LogP contribution >= 0.6 is 0 Å². The number of hydrogen-bond acceptors (Lipinski definition) is 1. The molecule has 1 heteroatoms.